The van der Waals surface area contributed by atoms with Crippen molar-refractivity contribution in [2.45, 2.75) is 64.2 Å². The van der Waals surface area contributed by atoms with Crippen molar-refractivity contribution >= 4 is 17.7 Å². The van der Waals surface area contributed by atoms with Crippen LogP contribution in [0.25, 0.3) is 0 Å². The van der Waals surface area contributed by atoms with Gasteiger partial charge in [-0.15, -0.1) is 0 Å². The molecule has 9 heteroatoms. The molecule has 1 N–H and O–H groups in total. The fourth-order valence-electron chi connectivity index (χ4n) is 4.99. The highest BCUT2D eigenvalue weighted by Crippen LogP contribution is 2.30. The molecule has 2 saturated heterocycles. The lowest BCUT2D eigenvalue weighted by Gasteiger charge is -2.34. The van der Waals surface area contributed by atoms with E-state index in [-0.39, 0.29) is 24.3 Å². The fourth-order valence-corrected chi connectivity index (χ4v) is 4.99. The van der Waals surface area contributed by atoms with E-state index in [4.69, 9.17) is 9.26 Å². The summed E-state index contributed by atoms with van der Waals surface area (Å²) >= 11 is 0. The zero-order valence-electron chi connectivity index (χ0n) is 18.7. The lowest BCUT2D eigenvalue weighted by atomic mass is 10.0. The zero-order chi connectivity index (χ0) is 22.9. The Morgan fingerprint density at radius 2 is 2.06 bits per heavy atom. The number of carbonyl (C=O) groups is 3. The highest BCUT2D eigenvalue weighted by Gasteiger charge is 2.39. The number of benzene rings is 1. The predicted octanol–water partition coefficient (Wildman–Crippen LogP) is 2.18. The summed E-state index contributed by atoms with van der Waals surface area (Å²) in [6.45, 7) is 4.54. The standard InChI is InChI=1S/C24H28N4O5/c1-15-10-17(26-33-15)13-27-9-3-2-4-18(27)14-32-19-5-6-20-16(11-19)12-28(24(20)31)21-7-8-22(29)25-23(21)30/h5-6,10-11,18,21H,2-4,7-9,12-14H2,1H3,(H,25,29,30)/t18-,21?/m0/s1. The van der Waals surface area contributed by atoms with Gasteiger partial charge in [0.2, 0.25) is 11.8 Å². The van der Waals surface area contributed by atoms with Gasteiger partial charge in [-0.1, -0.05) is 11.6 Å². The first-order chi connectivity index (χ1) is 16.0. The second kappa shape index (κ2) is 8.97. The molecule has 174 valence electrons. The molecule has 33 heavy (non-hydrogen) atoms. The topological polar surface area (TPSA) is 105 Å². The zero-order valence-corrected chi connectivity index (χ0v) is 18.7. The van der Waals surface area contributed by atoms with E-state index in [1.807, 2.05) is 25.1 Å². The first kappa shape index (κ1) is 21.6. The quantitative estimate of drug-likeness (QED) is 0.670. The maximum absolute atomic E-state index is 12.9. The summed E-state index contributed by atoms with van der Waals surface area (Å²) in [5, 5.41) is 6.46. The second-order valence-electron chi connectivity index (χ2n) is 9.08. The molecule has 0 aliphatic carbocycles. The number of aryl methyl sites for hydroxylation is 1. The van der Waals surface area contributed by atoms with Crippen LogP contribution in [0, 0.1) is 6.92 Å². The number of imide groups is 1. The minimum atomic E-state index is -0.608. The summed E-state index contributed by atoms with van der Waals surface area (Å²) in [4.78, 5) is 40.5. The van der Waals surface area contributed by atoms with Gasteiger partial charge in [0.15, 0.2) is 0 Å². The van der Waals surface area contributed by atoms with E-state index in [0.717, 1.165) is 48.7 Å². The number of ether oxygens (including phenoxy) is 1. The van der Waals surface area contributed by atoms with Crippen LogP contribution in [0.3, 0.4) is 0 Å². The summed E-state index contributed by atoms with van der Waals surface area (Å²) < 4.78 is 11.4. The first-order valence-electron chi connectivity index (χ1n) is 11.5. The van der Waals surface area contributed by atoms with E-state index < -0.39 is 11.9 Å². The number of piperidine rings is 2. The maximum Gasteiger partial charge on any atom is 0.255 e. The smallest absolute Gasteiger partial charge is 0.255 e. The molecule has 0 radical (unpaired) electrons. The van der Waals surface area contributed by atoms with E-state index in [9.17, 15) is 14.4 Å². The number of nitrogens with zero attached hydrogens (tertiary/aromatic N) is 3. The van der Waals surface area contributed by atoms with Crippen LogP contribution in [0.1, 0.15) is 59.5 Å². The molecule has 2 atom stereocenters. The Morgan fingerprint density at radius 1 is 1.18 bits per heavy atom. The van der Waals surface area contributed by atoms with Crippen LogP contribution in [0.15, 0.2) is 28.8 Å². The van der Waals surface area contributed by atoms with Gasteiger partial charge in [0.1, 0.15) is 24.2 Å². The number of likely N-dealkylation sites (tertiary alicyclic amines) is 1. The van der Waals surface area contributed by atoms with Crippen LogP contribution in [0.5, 0.6) is 5.75 Å². The molecule has 1 aromatic carbocycles. The van der Waals surface area contributed by atoms with Crippen LogP contribution >= 0.6 is 0 Å². The molecule has 9 nitrogen and oxygen atoms in total. The van der Waals surface area contributed by atoms with Gasteiger partial charge in [0, 0.05) is 37.2 Å². The molecular formula is C24H28N4O5. The SMILES string of the molecule is Cc1cc(CN2CCCC[C@H]2COc2ccc3c(c2)CN(C2CCC(=O)NC2=O)C3=O)no1. The Labute approximate surface area is 192 Å². The van der Waals surface area contributed by atoms with Crippen LogP contribution < -0.4 is 10.1 Å². The van der Waals surface area contributed by atoms with Crippen molar-refractivity contribution in [3.05, 3.63) is 46.8 Å². The van der Waals surface area contributed by atoms with Crippen molar-refractivity contribution in [1.29, 1.82) is 0 Å². The van der Waals surface area contributed by atoms with Gasteiger partial charge < -0.3 is 14.2 Å². The van der Waals surface area contributed by atoms with Gasteiger partial charge in [-0.05, 0) is 56.5 Å². The lowest BCUT2D eigenvalue weighted by Crippen LogP contribution is -2.52. The molecule has 3 amide bonds. The van der Waals surface area contributed by atoms with Gasteiger partial charge in [0.05, 0.1) is 5.69 Å². The van der Waals surface area contributed by atoms with Crippen molar-refractivity contribution in [2.75, 3.05) is 13.2 Å². The van der Waals surface area contributed by atoms with Crippen molar-refractivity contribution in [3.8, 4) is 5.75 Å². The van der Waals surface area contributed by atoms with E-state index in [0.29, 0.717) is 25.1 Å². The number of hydrogen-bond acceptors (Lipinski definition) is 7. The number of aromatic nitrogens is 1. The highest BCUT2D eigenvalue weighted by molar-refractivity contribution is 6.05. The molecule has 0 saturated carbocycles. The van der Waals surface area contributed by atoms with Gasteiger partial charge in [0.25, 0.3) is 5.91 Å². The van der Waals surface area contributed by atoms with Crippen molar-refractivity contribution in [3.63, 3.8) is 0 Å². The number of fused-ring (bicyclic) bond motifs is 1. The highest BCUT2D eigenvalue weighted by atomic mass is 16.5. The minimum absolute atomic E-state index is 0.174. The second-order valence-corrected chi connectivity index (χ2v) is 9.08. The van der Waals surface area contributed by atoms with E-state index >= 15 is 0 Å². The molecule has 0 bridgehead atoms. The van der Waals surface area contributed by atoms with Crippen molar-refractivity contribution < 1.29 is 23.6 Å². The molecule has 1 unspecified atom stereocenters. The number of rotatable bonds is 6. The molecule has 2 fully saturated rings. The van der Waals surface area contributed by atoms with Crippen LogP contribution in [-0.4, -0.2) is 57.9 Å². The molecule has 3 aliphatic heterocycles. The molecule has 3 aliphatic rings. The monoisotopic (exact) mass is 452 g/mol. The summed E-state index contributed by atoms with van der Waals surface area (Å²) in [5.74, 6) is 0.672. The van der Waals surface area contributed by atoms with Crippen molar-refractivity contribution in [2.24, 2.45) is 0 Å². The summed E-state index contributed by atoms with van der Waals surface area (Å²) in [6, 6.07) is 7.13. The third-order valence-electron chi connectivity index (χ3n) is 6.73. The first-order valence-corrected chi connectivity index (χ1v) is 11.5. The summed E-state index contributed by atoms with van der Waals surface area (Å²) in [7, 11) is 0. The fraction of sp³-hybridized carbons (Fsp3) is 0.500. The molecule has 5 rings (SSSR count). The molecule has 1 aromatic heterocycles. The van der Waals surface area contributed by atoms with E-state index in [1.165, 1.54) is 6.42 Å². The third-order valence-corrected chi connectivity index (χ3v) is 6.73. The Bertz CT molecular complexity index is 1080. The third kappa shape index (κ3) is 4.50. The van der Waals surface area contributed by atoms with Gasteiger partial charge >= 0.3 is 0 Å². The Kier molecular flexibility index (Phi) is 5.88. The Morgan fingerprint density at radius 3 is 2.85 bits per heavy atom. The largest absolute Gasteiger partial charge is 0.492 e. The van der Waals surface area contributed by atoms with Crippen LogP contribution in [-0.2, 0) is 22.7 Å². The van der Waals surface area contributed by atoms with Gasteiger partial charge in [-0.2, -0.15) is 0 Å². The normalized spacial score (nSPS) is 23.5. The molecular weight excluding hydrogens is 424 g/mol. The number of hydrogen-bond donors (Lipinski definition) is 1. The Balaban J connectivity index is 1.23. The molecule has 0 spiro atoms. The molecule has 4 heterocycles. The van der Waals surface area contributed by atoms with Gasteiger partial charge in [-0.25, -0.2) is 0 Å². The van der Waals surface area contributed by atoms with Crippen molar-refractivity contribution in [1.82, 2.24) is 20.3 Å². The van der Waals surface area contributed by atoms with Gasteiger partial charge in [-0.3, -0.25) is 24.6 Å². The lowest BCUT2D eigenvalue weighted by molar-refractivity contribution is -0.136. The minimum Gasteiger partial charge on any atom is -0.492 e. The van der Waals surface area contributed by atoms with E-state index in [1.54, 1.807) is 11.0 Å². The summed E-state index contributed by atoms with van der Waals surface area (Å²) in [6.07, 6.45) is 3.99. The number of nitrogens with one attached hydrogen (secondary N) is 1. The predicted molar refractivity (Wildman–Crippen MR) is 117 cm³/mol. The number of amides is 3. The van der Waals surface area contributed by atoms with Crippen LogP contribution in [0.2, 0.25) is 0 Å². The maximum atomic E-state index is 12.9. The molecule has 2 aromatic rings. The average molecular weight is 453 g/mol. The number of carbonyl (C=O) groups excluding carboxylic acids is 3. The summed E-state index contributed by atoms with van der Waals surface area (Å²) in [5.41, 5.74) is 2.37. The average Bonchev–Trinajstić information content (AvgIpc) is 3.35. The van der Waals surface area contributed by atoms with Crippen LogP contribution in [0.4, 0.5) is 0 Å². The van der Waals surface area contributed by atoms with E-state index in [2.05, 4.69) is 15.4 Å². The Hall–Kier alpha value is -3.20.